The number of nitrogens with zero attached hydrogens (tertiary/aromatic N) is 1. The Bertz CT molecular complexity index is 758. The minimum atomic E-state index is -3.16. The molecule has 1 aliphatic carbocycles. The zero-order valence-electron chi connectivity index (χ0n) is 16.7. The van der Waals surface area contributed by atoms with E-state index < -0.39 is 10.0 Å². The van der Waals surface area contributed by atoms with E-state index in [4.69, 9.17) is 0 Å². The molecule has 1 aliphatic heterocycles. The Morgan fingerprint density at radius 1 is 1.11 bits per heavy atom. The lowest BCUT2D eigenvalue weighted by Crippen LogP contribution is -2.41. The summed E-state index contributed by atoms with van der Waals surface area (Å²) in [6, 6.07) is 6.74. The average Bonchev–Trinajstić information content (AvgIpc) is 3.16. The lowest BCUT2D eigenvalue weighted by Gasteiger charge is -2.30. The molecule has 1 fully saturated rings. The Morgan fingerprint density at radius 2 is 1.78 bits per heavy atom. The fourth-order valence-corrected chi connectivity index (χ4v) is 4.81. The summed E-state index contributed by atoms with van der Waals surface area (Å²) in [6.45, 7) is 8.56. The molecule has 1 aromatic carbocycles. The molecule has 3 rings (SSSR count). The Balaban J connectivity index is 1.46. The second-order valence-electron chi connectivity index (χ2n) is 8.19. The van der Waals surface area contributed by atoms with Crippen LogP contribution >= 0.6 is 0 Å². The van der Waals surface area contributed by atoms with Crippen LogP contribution in [0.2, 0.25) is 0 Å². The minimum absolute atomic E-state index is 0.101. The number of sulfonamides is 1. The molecular weight excluding hydrogens is 358 g/mol. The minimum Gasteiger partial charge on any atom is -0.385 e. The Labute approximate surface area is 164 Å². The molecular formula is C21H33N3O2S. The lowest BCUT2D eigenvalue weighted by atomic mass is 9.86. The van der Waals surface area contributed by atoms with Gasteiger partial charge in [0.1, 0.15) is 0 Å². The van der Waals surface area contributed by atoms with Gasteiger partial charge in [-0.15, -0.1) is 0 Å². The number of benzene rings is 1. The quantitative estimate of drug-likeness (QED) is 0.696. The predicted molar refractivity (Wildman–Crippen MR) is 114 cm³/mol. The molecule has 150 valence electrons. The van der Waals surface area contributed by atoms with Gasteiger partial charge in [-0.1, -0.05) is 12.2 Å². The van der Waals surface area contributed by atoms with Crippen molar-refractivity contribution in [3.8, 4) is 0 Å². The first-order valence-corrected chi connectivity index (χ1v) is 11.7. The van der Waals surface area contributed by atoms with Gasteiger partial charge in [0.2, 0.25) is 10.0 Å². The van der Waals surface area contributed by atoms with Crippen LogP contribution in [-0.4, -0.2) is 39.3 Å². The number of aryl methyl sites for hydroxylation is 1. The van der Waals surface area contributed by atoms with Gasteiger partial charge in [-0.3, -0.25) is 0 Å². The van der Waals surface area contributed by atoms with Crippen LogP contribution in [0.4, 0.5) is 11.4 Å². The molecule has 1 heterocycles. The number of hydrogen-bond acceptors (Lipinski definition) is 4. The van der Waals surface area contributed by atoms with Crippen LogP contribution in [0, 0.1) is 12.8 Å². The number of nitrogens with one attached hydrogen (secondary N) is 2. The van der Waals surface area contributed by atoms with E-state index in [0.29, 0.717) is 5.92 Å². The highest BCUT2D eigenvalue weighted by Gasteiger charge is 2.26. The van der Waals surface area contributed by atoms with E-state index in [2.05, 4.69) is 52.2 Å². The zero-order chi connectivity index (χ0) is 19.4. The fraction of sp³-hybridized carbons (Fsp3) is 0.619. The first kappa shape index (κ1) is 20.2. The van der Waals surface area contributed by atoms with E-state index in [9.17, 15) is 8.42 Å². The van der Waals surface area contributed by atoms with Gasteiger partial charge < -0.3 is 10.2 Å². The molecule has 0 aromatic heterocycles. The van der Waals surface area contributed by atoms with Crippen molar-refractivity contribution < 1.29 is 8.42 Å². The van der Waals surface area contributed by atoms with Crippen molar-refractivity contribution in [3.05, 3.63) is 35.9 Å². The average molecular weight is 392 g/mol. The highest BCUT2D eigenvalue weighted by Crippen LogP contribution is 2.28. The summed E-state index contributed by atoms with van der Waals surface area (Å²) in [5.41, 5.74) is 3.76. The maximum absolute atomic E-state index is 12.0. The van der Waals surface area contributed by atoms with Gasteiger partial charge >= 0.3 is 0 Å². The van der Waals surface area contributed by atoms with Crippen LogP contribution < -0.4 is 14.9 Å². The molecule has 27 heavy (non-hydrogen) atoms. The fourth-order valence-electron chi connectivity index (χ4n) is 3.84. The summed E-state index contributed by atoms with van der Waals surface area (Å²) < 4.78 is 26.9. The van der Waals surface area contributed by atoms with Crippen molar-refractivity contribution in [2.75, 3.05) is 29.9 Å². The van der Waals surface area contributed by atoms with E-state index in [1.165, 1.54) is 16.9 Å². The van der Waals surface area contributed by atoms with Gasteiger partial charge in [0.25, 0.3) is 0 Å². The lowest BCUT2D eigenvalue weighted by molar-refractivity contribution is 0.323. The van der Waals surface area contributed by atoms with Crippen LogP contribution in [-0.2, 0) is 10.0 Å². The standard InChI is InChI=1S/C21H33N3O2S/c1-16(2)27(25,26)23-19-8-6-18(7-9-19)15-22-21-11-10-20(14-17(21)3)24-12-4-5-13-24/h4-5,10-11,14,16,18-19,22-23H,6-9,12-13,15H2,1-3H3. The summed E-state index contributed by atoms with van der Waals surface area (Å²) in [6.07, 6.45) is 8.40. The van der Waals surface area contributed by atoms with E-state index in [0.717, 1.165) is 45.3 Å². The van der Waals surface area contributed by atoms with Crippen molar-refractivity contribution in [1.29, 1.82) is 0 Å². The van der Waals surface area contributed by atoms with Crippen molar-refractivity contribution in [2.45, 2.75) is 57.7 Å². The third-order valence-corrected chi connectivity index (χ3v) is 7.68. The second-order valence-corrected chi connectivity index (χ2v) is 10.5. The second kappa shape index (κ2) is 8.65. The van der Waals surface area contributed by atoms with E-state index in [-0.39, 0.29) is 11.3 Å². The summed E-state index contributed by atoms with van der Waals surface area (Å²) in [5.74, 6) is 0.603. The molecule has 1 saturated carbocycles. The molecule has 0 bridgehead atoms. The molecule has 0 atom stereocenters. The third kappa shape index (κ3) is 5.26. The Kier molecular flexibility index (Phi) is 6.48. The molecule has 2 aliphatic rings. The maximum atomic E-state index is 12.0. The molecule has 0 spiro atoms. The van der Waals surface area contributed by atoms with E-state index in [1.54, 1.807) is 13.8 Å². The van der Waals surface area contributed by atoms with Crippen LogP contribution in [0.3, 0.4) is 0 Å². The Morgan fingerprint density at radius 3 is 2.37 bits per heavy atom. The molecule has 0 unspecified atom stereocenters. The summed E-state index contributed by atoms with van der Waals surface area (Å²) in [7, 11) is -3.16. The van der Waals surface area contributed by atoms with Gasteiger partial charge in [0.05, 0.1) is 5.25 Å². The van der Waals surface area contributed by atoms with Crippen LogP contribution in [0.15, 0.2) is 30.4 Å². The smallest absolute Gasteiger partial charge is 0.214 e. The highest BCUT2D eigenvalue weighted by atomic mass is 32.2. The summed E-state index contributed by atoms with van der Waals surface area (Å²) >= 11 is 0. The van der Waals surface area contributed by atoms with E-state index >= 15 is 0 Å². The van der Waals surface area contributed by atoms with Crippen LogP contribution in [0.1, 0.15) is 45.1 Å². The van der Waals surface area contributed by atoms with Crippen molar-refractivity contribution >= 4 is 21.4 Å². The van der Waals surface area contributed by atoms with Gasteiger partial charge in [0.15, 0.2) is 0 Å². The molecule has 0 radical (unpaired) electrons. The first-order valence-electron chi connectivity index (χ1n) is 10.1. The topological polar surface area (TPSA) is 61.4 Å². The van der Waals surface area contributed by atoms with Crippen molar-refractivity contribution in [2.24, 2.45) is 5.92 Å². The van der Waals surface area contributed by atoms with Crippen LogP contribution in [0.5, 0.6) is 0 Å². The normalized spacial score (nSPS) is 23.2. The van der Waals surface area contributed by atoms with Gasteiger partial charge in [-0.2, -0.15) is 0 Å². The van der Waals surface area contributed by atoms with Crippen LogP contribution in [0.25, 0.3) is 0 Å². The molecule has 1 aromatic rings. The maximum Gasteiger partial charge on any atom is 0.214 e. The Hall–Kier alpha value is -1.53. The molecule has 6 heteroatoms. The summed E-state index contributed by atoms with van der Waals surface area (Å²) in [4.78, 5) is 2.36. The van der Waals surface area contributed by atoms with Gasteiger partial charge in [-0.05, 0) is 76.1 Å². The summed E-state index contributed by atoms with van der Waals surface area (Å²) in [5, 5.41) is 3.25. The number of rotatable bonds is 7. The largest absolute Gasteiger partial charge is 0.385 e. The van der Waals surface area contributed by atoms with E-state index in [1.807, 2.05) is 0 Å². The molecule has 0 amide bonds. The molecule has 0 saturated heterocycles. The monoisotopic (exact) mass is 391 g/mol. The molecule has 5 nitrogen and oxygen atoms in total. The number of hydrogen-bond donors (Lipinski definition) is 2. The predicted octanol–water partition coefficient (Wildman–Crippen LogP) is 3.67. The van der Waals surface area contributed by atoms with Gasteiger partial charge in [0, 0.05) is 37.1 Å². The number of anilines is 2. The van der Waals surface area contributed by atoms with Crippen molar-refractivity contribution in [1.82, 2.24) is 4.72 Å². The molecule has 2 N–H and O–H groups in total. The third-order valence-electron chi connectivity index (χ3n) is 5.77. The SMILES string of the molecule is Cc1cc(N2CC=CC2)ccc1NCC1CCC(NS(=O)(=O)C(C)C)CC1. The highest BCUT2D eigenvalue weighted by molar-refractivity contribution is 7.90. The first-order chi connectivity index (χ1) is 12.8. The van der Waals surface area contributed by atoms with Crippen molar-refractivity contribution in [3.63, 3.8) is 0 Å². The van der Waals surface area contributed by atoms with Gasteiger partial charge in [-0.25, -0.2) is 13.1 Å². The zero-order valence-corrected chi connectivity index (χ0v) is 17.6.